The van der Waals surface area contributed by atoms with Gasteiger partial charge in [0.05, 0.1) is 17.4 Å². The number of nitro benzene ring substituents is 1. The van der Waals surface area contributed by atoms with Gasteiger partial charge in [-0.15, -0.1) is 0 Å². The van der Waals surface area contributed by atoms with E-state index in [2.05, 4.69) is 0 Å². The van der Waals surface area contributed by atoms with E-state index in [1.165, 1.54) is 12.1 Å². The van der Waals surface area contributed by atoms with E-state index < -0.39 is 4.92 Å². The van der Waals surface area contributed by atoms with E-state index >= 15 is 0 Å². The summed E-state index contributed by atoms with van der Waals surface area (Å²) in [6.07, 6.45) is 2.61. The van der Waals surface area contributed by atoms with Crippen molar-refractivity contribution >= 4 is 11.5 Å². The van der Waals surface area contributed by atoms with E-state index in [4.69, 9.17) is 15.9 Å². The third-order valence-electron chi connectivity index (χ3n) is 3.24. The second-order valence-electron chi connectivity index (χ2n) is 5.35. The van der Waals surface area contributed by atoms with Gasteiger partial charge in [0.1, 0.15) is 5.75 Å². The monoisotopic (exact) mass is 279 g/mol. The smallest absolute Gasteiger partial charge is 0.269 e. The van der Waals surface area contributed by atoms with Crippen molar-refractivity contribution in [2.24, 2.45) is 11.1 Å². The molecule has 20 heavy (non-hydrogen) atoms. The third-order valence-corrected chi connectivity index (χ3v) is 3.24. The summed E-state index contributed by atoms with van der Waals surface area (Å²) in [5, 5.41) is 18.0. The fourth-order valence-corrected chi connectivity index (χ4v) is 1.66. The van der Waals surface area contributed by atoms with Crippen LogP contribution in [0.2, 0.25) is 0 Å². The van der Waals surface area contributed by atoms with Crippen molar-refractivity contribution in [3.05, 3.63) is 34.4 Å². The molecule has 0 bridgehead atoms. The Balaban J connectivity index is 2.28. The van der Waals surface area contributed by atoms with Crippen molar-refractivity contribution in [1.82, 2.24) is 0 Å². The van der Waals surface area contributed by atoms with Crippen LogP contribution in [-0.2, 0) is 0 Å². The van der Waals surface area contributed by atoms with Crippen LogP contribution in [0.25, 0.3) is 0 Å². The van der Waals surface area contributed by atoms with Crippen LogP contribution in [0, 0.1) is 20.9 Å². The standard InChI is InChI=1S/C14H21N3O3/c1-14(2,13(15)16)9-3-4-10-20-12-7-5-11(6-8-12)17(18)19/h5-8H,3-4,9-10H2,1-2H3,(H3,15,16). The highest BCUT2D eigenvalue weighted by Crippen LogP contribution is 2.23. The molecule has 0 radical (unpaired) electrons. The lowest BCUT2D eigenvalue weighted by Gasteiger charge is -2.22. The molecule has 110 valence electrons. The molecular weight excluding hydrogens is 258 g/mol. The SMILES string of the molecule is CC(C)(CCCCOc1ccc([N+](=O)[O-])cc1)C(=N)N. The Bertz CT molecular complexity index is 469. The fraction of sp³-hybridized carbons (Fsp3) is 0.500. The molecule has 0 aliphatic rings. The molecule has 6 heteroatoms. The summed E-state index contributed by atoms with van der Waals surface area (Å²) < 4.78 is 5.51. The van der Waals surface area contributed by atoms with Gasteiger partial charge in [0.2, 0.25) is 0 Å². The van der Waals surface area contributed by atoms with Crippen LogP contribution in [-0.4, -0.2) is 17.4 Å². The summed E-state index contributed by atoms with van der Waals surface area (Å²) in [5.74, 6) is 0.829. The molecule has 6 nitrogen and oxygen atoms in total. The molecule has 0 amide bonds. The predicted molar refractivity (Wildman–Crippen MR) is 78.1 cm³/mol. The maximum absolute atomic E-state index is 10.5. The molecule has 3 N–H and O–H groups in total. The van der Waals surface area contributed by atoms with Gasteiger partial charge in [-0.3, -0.25) is 15.5 Å². The number of hydrogen-bond acceptors (Lipinski definition) is 4. The van der Waals surface area contributed by atoms with Crippen molar-refractivity contribution in [1.29, 1.82) is 5.41 Å². The van der Waals surface area contributed by atoms with Crippen LogP contribution < -0.4 is 10.5 Å². The minimum atomic E-state index is -0.437. The van der Waals surface area contributed by atoms with Crippen LogP contribution in [0.5, 0.6) is 5.75 Å². The van der Waals surface area contributed by atoms with Crippen molar-refractivity contribution in [2.75, 3.05) is 6.61 Å². The number of unbranched alkanes of at least 4 members (excludes halogenated alkanes) is 1. The maximum atomic E-state index is 10.5. The molecule has 1 aromatic rings. The lowest BCUT2D eigenvalue weighted by Crippen LogP contribution is -2.30. The number of hydrogen-bond donors (Lipinski definition) is 2. The molecule has 0 saturated heterocycles. The minimum absolute atomic E-state index is 0.0561. The van der Waals surface area contributed by atoms with Crippen LogP contribution in [0.15, 0.2) is 24.3 Å². The molecule has 0 atom stereocenters. The number of nitrogens with zero attached hydrogens (tertiary/aromatic N) is 1. The van der Waals surface area contributed by atoms with Gasteiger partial charge in [0, 0.05) is 17.5 Å². The van der Waals surface area contributed by atoms with E-state index in [1.807, 2.05) is 13.8 Å². The highest BCUT2D eigenvalue weighted by atomic mass is 16.6. The zero-order valence-electron chi connectivity index (χ0n) is 11.9. The lowest BCUT2D eigenvalue weighted by atomic mass is 9.86. The normalized spacial score (nSPS) is 11.1. The Morgan fingerprint density at radius 3 is 2.45 bits per heavy atom. The number of ether oxygens (including phenoxy) is 1. The average Bonchev–Trinajstić information content (AvgIpc) is 2.38. The lowest BCUT2D eigenvalue weighted by molar-refractivity contribution is -0.384. The minimum Gasteiger partial charge on any atom is -0.494 e. The molecule has 1 rings (SSSR count). The van der Waals surface area contributed by atoms with Crippen molar-refractivity contribution in [2.45, 2.75) is 33.1 Å². The van der Waals surface area contributed by atoms with Gasteiger partial charge in [-0.25, -0.2) is 0 Å². The van der Waals surface area contributed by atoms with Gasteiger partial charge in [-0.1, -0.05) is 13.8 Å². The Kier molecular flexibility index (Phi) is 5.49. The summed E-state index contributed by atoms with van der Waals surface area (Å²) >= 11 is 0. The van der Waals surface area contributed by atoms with E-state index in [9.17, 15) is 10.1 Å². The molecule has 1 aromatic carbocycles. The molecule has 0 aromatic heterocycles. The van der Waals surface area contributed by atoms with E-state index in [1.54, 1.807) is 12.1 Å². The average molecular weight is 279 g/mol. The van der Waals surface area contributed by atoms with Gasteiger partial charge < -0.3 is 10.5 Å². The van der Waals surface area contributed by atoms with Crippen molar-refractivity contribution < 1.29 is 9.66 Å². The van der Waals surface area contributed by atoms with E-state index in [0.29, 0.717) is 12.4 Å². The van der Waals surface area contributed by atoms with Crippen molar-refractivity contribution in [3.8, 4) is 5.75 Å². The maximum Gasteiger partial charge on any atom is 0.269 e. The number of nitro groups is 1. The first kappa shape index (κ1) is 15.9. The van der Waals surface area contributed by atoms with E-state index in [-0.39, 0.29) is 16.9 Å². The number of nitrogens with one attached hydrogen (secondary N) is 1. The summed E-state index contributed by atoms with van der Waals surface area (Å²) in [5.41, 5.74) is 5.30. The molecular formula is C14H21N3O3. The first-order chi connectivity index (χ1) is 9.33. The second-order valence-corrected chi connectivity index (χ2v) is 5.35. The Labute approximate surface area is 118 Å². The number of benzene rings is 1. The summed E-state index contributed by atoms with van der Waals surface area (Å²) in [6.45, 7) is 4.45. The first-order valence-electron chi connectivity index (χ1n) is 6.55. The number of amidine groups is 1. The highest BCUT2D eigenvalue weighted by molar-refractivity contribution is 5.82. The van der Waals surface area contributed by atoms with Gasteiger partial charge in [0.15, 0.2) is 0 Å². The third kappa shape index (κ3) is 4.87. The van der Waals surface area contributed by atoms with Gasteiger partial charge in [0.25, 0.3) is 5.69 Å². The molecule has 0 aliphatic carbocycles. The number of non-ortho nitro benzene ring substituents is 1. The molecule has 0 unspecified atom stereocenters. The predicted octanol–water partition coefficient (Wildman–Crippen LogP) is 3.11. The molecule has 0 heterocycles. The first-order valence-corrected chi connectivity index (χ1v) is 6.55. The zero-order chi connectivity index (χ0) is 15.2. The summed E-state index contributed by atoms with van der Waals surface area (Å²) in [7, 11) is 0. The Morgan fingerprint density at radius 2 is 1.95 bits per heavy atom. The Hall–Kier alpha value is -2.11. The van der Waals surface area contributed by atoms with Gasteiger partial charge in [-0.2, -0.15) is 0 Å². The quantitative estimate of drug-likeness (QED) is 0.251. The second kappa shape index (κ2) is 6.88. The summed E-state index contributed by atoms with van der Waals surface area (Å²) in [4.78, 5) is 10.1. The number of nitrogens with two attached hydrogens (primary N) is 1. The largest absolute Gasteiger partial charge is 0.494 e. The van der Waals surface area contributed by atoms with Crippen LogP contribution >= 0.6 is 0 Å². The van der Waals surface area contributed by atoms with Gasteiger partial charge >= 0.3 is 0 Å². The van der Waals surface area contributed by atoms with Crippen LogP contribution in [0.1, 0.15) is 33.1 Å². The van der Waals surface area contributed by atoms with E-state index in [0.717, 1.165) is 19.3 Å². The summed E-state index contributed by atoms with van der Waals surface area (Å²) in [6, 6.07) is 6.04. The Morgan fingerprint density at radius 1 is 1.35 bits per heavy atom. The molecule has 0 spiro atoms. The van der Waals surface area contributed by atoms with Crippen molar-refractivity contribution in [3.63, 3.8) is 0 Å². The highest BCUT2D eigenvalue weighted by Gasteiger charge is 2.20. The number of rotatable bonds is 8. The van der Waals surface area contributed by atoms with Crippen LogP contribution in [0.4, 0.5) is 5.69 Å². The molecule has 0 aliphatic heterocycles. The van der Waals surface area contributed by atoms with Gasteiger partial charge in [-0.05, 0) is 31.4 Å². The molecule has 0 saturated carbocycles. The molecule has 0 fully saturated rings. The fourth-order valence-electron chi connectivity index (χ4n) is 1.66. The zero-order valence-corrected chi connectivity index (χ0v) is 11.9. The van der Waals surface area contributed by atoms with Crippen LogP contribution in [0.3, 0.4) is 0 Å². The topological polar surface area (TPSA) is 102 Å².